The third-order valence-corrected chi connectivity index (χ3v) is 3.87. The van der Waals surface area contributed by atoms with Crippen LogP contribution in [0.2, 0.25) is 0 Å². The van der Waals surface area contributed by atoms with Crippen molar-refractivity contribution in [1.82, 2.24) is 10.2 Å². The lowest BCUT2D eigenvalue weighted by atomic mass is 9.85. The molecule has 0 bridgehead atoms. The number of hydrogen-bond acceptors (Lipinski definition) is 9. The quantitative estimate of drug-likeness (QED) is 0.280. The van der Waals surface area contributed by atoms with Crippen molar-refractivity contribution in [2.24, 2.45) is 21.5 Å². The number of rotatable bonds is 1. The van der Waals surface area contributed by atoms with Crippen molar-refractivity contribution in [3.8, 4) is 0 Å². The number of nitrogens with two attached hydrogens (primary N) is 2. The van der Waals surface area contributed by atoms with Crippen molar-refractivity contribution in [3.63, 3.8) is 0 Å². The molecule has 1 fully saturated rings. The van der Waals surface area contributed by atoms with Crippen LogP contribution in [0.4, 0.5) is 0 Å². The van der Waals surface area contributed by atoms with Gasteiger partial charge in [-0.25, -0.2) is 9.98 Å². The van der Waals surface area contributed by atoms with Crippen LogP contribution in [0.25, 0.3) is 0 Å². The van der Waals surface area contributed by atoms with Gasteiger partial charge in [0.05, 0.1) is 6.61 Å². The number of aliphatic imine (C=N–C) groups is 2. The highest BCUT2D eigenvalue weighted by Gasteiger charge is 2.68. The highest BCUT2D eigenvalue weighted by molar-refractivity contribution is 5.84. The van der Waals surface area contributed by atoms with Gasteiger partial charge in [0.1, 0.15) is 12.1 Å². The summed E-state index contributed by atoms with van der Waals surface area (Å²) in [6.07, 6.45) is 0.227. The fraction of sp³-hybridized carbons (Fsp3) is 0.778. The molecule has 3 rings (SSSR count). The van der Waals surface area contributed by atoms with Gasteiger partial charge in [0.15, 0.2) is 17.6 Å². The van der Waals surface area contributed by atoms with Crippen molar-refractivity contribution in [2.45, 2.75) is 30.0 Å². The monoisotopic (exact) mass is 256 g/mol. The molecule has 0 saturated carbocycles. The third kappa shape index (κ3) is 1.11. The topological polar surface area (TPSA) is 153 Å². The molecular weight excluding hydrogens is 240 g/mol. The van der Waals surface area contributed by atoms with Gasteiger partial charge in [-0.2, -0.15) is 0 Å². The van der Waals surface area contributed by atoms with E-state index in [-0.39, 0.29) is 24.9 Å². The number of hydrogen-bond donors (Lipinski definition) is 6. The highest BCUT2D eigenvalue weighted by atomic mass is 16.4. The van der Waals surface area contributed by atoms with E-state index in [1.165, 1.54) is 4.90 Å². The molecule has 0 aromatic heterocycles. The van der Waals surface area contributed by atoms with Gasteiger partial charge in [-0.05, 0) is 0 Å². The van der Waals surface area contributed by atoms with Crippen LogP contribution in [0, 0.1) is 0 Å². The summed E-state index contributed by atoms with van der Waals surface area (Å²) < 4.78 is 0. The number of aliphatic hydroxyl groups excluding tert-OH is 1. The molecule has 0 unspecified atom stereocenters. The smallest absolute Gasteiger partial charge is 0.214 e. The molecule has 0 amide bonds. The third-order valence-electron chi connectivity index (χ3n) is 3.87. The zero-order chi connectivity index (χ0) is 13.1. The van der Waals surface area contributed by atoms with Crippen LogP contribution in [0.3, 0.4) is 0 Å². The number of nitrogens with zero attached hydrogens (tertiary/aromatic N) is 3. The van der Waals surface area contributed by atoms with E-state index in [1.807, 2.05) is 0 Å². The minimum absolute atomic E-state index is 0.0168. The number of nitrogens with one attached hydrogen (secondary N) is 1. The van der Waals surface area contributed by atoms with E-state index in [2.05, 4.69) is 15.3 Å². The Balaban J connectivity index is 2.17. The summed E-state index contributed by atoms with van der Waals surface area (Å²) in [7, 11) is 0. The molecule has 3 aliphatic heterocycles. The van der Waals surface area contributed by atoms with Crippen LogP contribution in [0.15, 0.2) is 9.98 Å². The van der Waals surface area contributed by atoms with Crippen LogP contribution in [0.5, 0.6) is 0 Å². The summed E-state index contributed by atoms with van der Waals surface area (Å²) in [5.41, 5.74) is 7.98. The van der Waals surface area contributed by atoms with E-state index < -0.39 is 23.5 Å². The van der Waals surface area contributed by atoms with E-state index in [0.29, 0.717) is 6.54 Å². The molecule has 3 aliphatic rings. The molecule has 3 heterocycles. The van der Waals surface area contributed by atoms with Gasteiger partial charge in [-0.1, -0.05) is 0 Å². The highest BCUT2D eigenvalue weighted by Crippen LogP contribution is 2.43. The van der Waals surface area contributed by atoms with Gasteiger partial charge < -0.3 is 37.0 Å². The van der Waals surface area contributed by atoms with Crippen LogP contribution in [0.1, 0.15) is 6.42 Å². The zero-order valence-corrected chi connectivity index (χ0v) is 9.61. The fourth-order valence-corrected chi connectivity index (χ4v) is 2.99. The minimum atomic E-state index is -1.74. The molecule has 4 atom stereocenters. The van der Waals surface area contributed by atoms with Gasteiger partial charge in [0.25, 0.3) is 0 Å². The van der Waals surface area contributed by atoms with Crippen molar-refractivity contribution >= 4 is 11.9 Å². The molecule has 18 heavy (non-hydrogen) atoms. The van der Waals surface area contributed by atoms with Crippen molar-refractivity contribution < 1.29 is 15.3 Å². The van der Waals surface area contributed by atoms with Crippen LogP contribution in [-0.2, 0) is 0 Å². The molecule has 9 nitrogen and oxygen atoms in total. The van der Waals surface area contributed by atoms with Crippen molar-refractivity contribution in [2.75, 3.05) is 13.2 Å². The normalized spacial score (nSPS) is 46.1. The number of guanidine groups is 2. The molecule has 1 saturated heterocycles. The van der Waals surface area contributed by atoms with Gasteiger partial charge in [-0.15, -0.1) is 0 Å². The van der Waals surface area contributed by atoms with E-state index in [0.717, 1.165) is 0 Å². The predicted octanol–water partition coefficient (Wildman–Crippen LogP) is -3.95. The first-order valence-electron chi connectivity index (χ1n) is 5.70. The predicted molar refractivity (Wildman–Crippen MR) is 62.3 cm³/mol. The molecule has 100 valence electrons. The number of aliphatic hydroxyl groups is 3. The molecule has 9 heteroatoms. The fourth-order valence-electron chi connectivity index (χ4n) is 2.99. The lowest BCUT2D eigenvalue weighted by Gasteiger charge is -2.52. The molecule has 0 spiro atoms. The minimum Gasteiger partial charge on any atom is -0.394 e. The van der Waals surface area contributed by atoms with Gasteiger partial charge in [-0.3, -0.25) is 0 Å². The van der Waals surface area contributed by atoms with Gasteiger partial charge in [0.2, 0.25) is 5.72 Å². The van der Waals surface area contributed by atoms with Crippen molar-refractivity contribution in [3.05, 3.63) is 0 Å². The largest absolute Gasteiger partial charge is 0.394 e. The molecule has 0 aromatic carbocycles. The summed E-state index contributed by atoms with van der Waals surface area (Å²) in [5.74, 6) is 0.101. The first kappa shape index (κ1) is 11.5. The van der Waals surface area contributed by atoms with E-state index in [1.54, 1.807) is 0 Å². The first-order valence-corrected chi connectivity index (χ1v) is 5.70. The SMILES string of the molecule is NC1=N[C@H]2[C@H](CO)N=C(N)N3CC[C@@](O)(N1)[C@@]23O. The Bertz CT molecular complexity index is 454. The molecular formula is C9H16N6O3. The van der Waals surface area contributed by atoms with E-state index in [4.69, 9.17) is 11.5 Å². The molecule has 0 radical (unpaired) electrons. The molecule has 8 N–H and O–H groups in total. The first-order chi connectivity index (χ1) is 8.42. The lowest BCUT2D eigenvalue weighted by molar-refractivity contribution is -0.209. The molecule has 0 aliphatic carbocycles. The average molecular weight is 256 g/mol. The summed E-state index contributed by atoms with van der Waals surface area (Å²) >= 11 is 0. The van der Waals surface area contributed by atoms with Crippen LogP contribution in [-0.4, -0.2) is 68.8 Å². The second-order valence-corrected chi connectivity index (χ2v) is 4.81. The second kappa shape index (κ2) is 3.25. The lowest BCUT2D eigenvalue weighted by Crippen LogP contribution is -2.79. The van der Waals surface area contributed by atoms with E-state index in [9.17, 15) is 15.3 Å². The summed E-state index contributed by atoms with van der Waals surface area (Å²) in [4.78, 5) is 9.54. The Morgan fingerprint density at radius 3 is 2.78 bits per heavy atom. The Labute approximate surface area is 103 Å². The average Bonchev–Trinajstić information content (AvgIpc) is 2.56. The van der Waals surface area contributed by atoms with Gasteiger partial charge >= 0.3 is 0 Å². The maximum Gasteiger partial charge on any atom is 0.214 e. The van der Waals surface area contributed by atoms with Crippen molar-refractivity contribution in [1.29, 1.82) is 0 Å². The maximum atomic E-state index is 10.8. The van der Waals surface area contributed by atoms with Crippen LogP contribution >= 0.6 is 0 Å². The second-order valence-electron chi connectivity index (χ2n) is 4.81. The standard InChI is InChI=1S/C9H16N6O3/c10-6-13-5-4(3-16)12-7(11)15-2-1-8(17,14-6)9(5,15)18/h4-5,16-18H,1-3H2,(H2,11,12)(H3,10,13,14)/t4-,5-,8-,9-/m0/s1. The van der Waals surface area contributed by atoms with Gasteiger partial charge in [0, 0.05) is 13.0 Å². The summed E-state index contributed by atoms with van der Waals surface area (Å²) in [5, 5.41) is 33.2. The zero-order valence-electron chi connectivity index (χ0n) is 9.61. The van der Waals surface area contributed by atoms with E-state index >= 15 is 0 Å². The Morgan fingerprint density at radius 1 is 1.39 bits per heavy atom. The molecule has 0 aromatic rings. The van der Waals surface area contributed by atoms with Crippen LogP contribution < -0.4 is 16.8 Å². The Morgan fingerprint density at radius 2 is 2.11 bits per heavy atom. The maximum absolute atomic E-state index is 10.8. The summed E-state index contributed by atoms with van der Waals surface area (Å²) in [6.45, 7) is -0.0127. The Hall–Kier alpha value is -1.58. The Kier molecular flexibility index (Phi) is 2.08. The summed E-state index contributed by atoms with van der Waals surface area (Å²) in [6, 6.07) is -1.58.